The van der Waals surface area contributed by atoms with E-state index in [2.05, 4.69) is 16.0 Å². The Labute approximate surface area is 467 Å². The second-order valence-corrected chi connectivity index (χ2v) is 24.4. The summed E-state index contributed by atoms with van der Waals surface area (Å²) in [6.07, 6.45) is 0.661. The van der Waals surface area contributed by atoms with Crippen molar-refractivity contribution in [2.75, 3.05) is 55.9 Å². The average molecular weight is 1100 g/mol. The van der Waals surface area contributed by atoms with Gasteiger partial charge in [0, 0.05) is 61.7 Å². The van der Waals surface area contributed by atoms with Crippen molar-refractivity contribution in [3.63, 3.8) is 0 Å². The highest BCUT2D eigenvalue weighted by Gasteiger charge is 2.43. The Morgan fingerprint density at radius 3 is 1.32 bits per heavy atom. The first-order valence-electron chi connectivity index (χ1n) is 28.1. The normalized spacial score (nSPS) is 27.4. The van der Waals surface area contributed by atoms with Crippen LogP contribution in [0.4, 0.5) is 0 Å². The number of likely N-dealkylation sites (N-methyl/N-ethyl adjacent to an activating group) is 7. The number of nitrogens with zero attached hydrogens (tertiary/aromatic N) is 7. The highest BCUT2D eigenvalue weighted by molar-refractivity contribution is 5.99. The molecule has 0 aromatic carbocycles. The third kappa shape index (κ3) is 19.3. The van der Waals surface area contributed by atoms with Gasteiger partial charge in [-0.2, -0.15) is 0 Å². The standard InChI is InChI=1S/C57H102N10O11/c1-24-40-53(74)61(17)30-46(69)63(19)42(26-32(4)5)51(72)60-47(35(10)11)56(77)64(20)41(25-31(2)3)45(68)29-37(14)49(70)58-38(15)52(73)65(21)43(27-33(6)7)54(75)66(22)44(28-34(8)9)55(76)67(23)48(36(12)13)57(78)62(18)39(16)50(71)59-40/h31-44,47-48H,24-30H2,1-23H3,(H,58,70)(H,59,71)(H,60,72)/t37-,38-,39-,40+,41+,42+,43+,44+,47+,48+/m1/s1. The van der Waals surface area contributed by atoms with Gasteiger partial charge in [0.05, 0.1) is 12.6 Å². The molecule has 10 atom stereocenters. The summed E-state index contributed by atoms with van der Waals surface area (Å²) in [6, 6.07) is -9.90. The maximum Gasteiger partial charge on any atom is 0.246 e. The molecule has 0 saturated carbocycles. The summed E-state index contributed by atoms with van der Waals surface area (Å²) in [5.41, 5.74) is 0. The highest BCUT2D eigenvalue weighted by atomic mass is 16.2. The Morgan fingerprint density at radius 2 is 0.872 bits per heavy atom. The summed E-state index contributed by atoms with van der Waals surface area (Å²) in [4.78, 5) is 166. The van der Waals surface area contributed by atoms with Crippen molar-refractivity contribution in [1.29, 1.82) is 0 Å². The van der Waals surface area contributed by atoms with E-state index in [1.165, 1.54) is 92.6 Å². The summed E-state index contributed by atoms with van der Waals surface area (Å²) >= 11 is 0. The zero-order valence-electron chi connectivity index (χ0n) is 51.8. The van der Waals surface area contributed by atoms with Crippen molar-refractivity contribution < 1.29 is 52.7 Å². The number of amides is 10. The quantitative estimate of drug-likeness (QED) is 0.271. The van der Waals surface area contributed by atoms with Gasteiger partial charge in [-0.05, 0) is 81.5 Å². The summed E-state index contributed by atoms with van der Waals surface area (Å²) in [5.74, 6) is -8.59. The molecule has 78 heavy (non-hydrogen) atoms. The molecule has 1 fully saturated rings. The SMILES string of the molecule is CC[C@@H]1NC(=O)[C@@H](C)N(C)C(=O)[C@H](C(C)C)N(C)C(=O)[C@H](CC(C)C)N(C)C(=O)[C@H](CC(C)C)N(C)C(=O)[C@@H](C)NC(=O)[C@H](C)CC(=O)[C@H](CC(C)C)N(C)C(=O)[C@H](C(C)C)NC(=O)[C@H](CC(C)C)N(C)C(=O)CN(C)C1=O. The minimum Gasteiger partial charge on any atom is -0.344 e. The average Bonchev–Trinajstić information content (AvgIpc) is 3.35. The van der Waals surface area contributed by atoms with Crippen LogP contribution < -0.4 is 16.0 Å². The van der Waals surface area contributed by atoms with E-state index in [1.807, 2.05) is 55.4 Å². The Morgan fingerprint density at radius 1 is 0.436 bits per heavy atom. The van der Waals surface area contributed by atoms with Gasteiger partial charge in [0.25, 0.3) is 0 Å². The zero-order chi connectivity index (χ0) is 60.7. The van der Waals surface area contributed by atoms with Crippen LogP contribution in [0.1, 0.15) is 149 Å². The Hall–Kier alpha value is -5.63. The minimum absolute atomic E-state index is 0.0736. The maximum atomic E-state index is 14.8. The minimum atomic E-state index is -1.15. The van der Waals surface area contributed by atoms with E-state index in [-0.39, 0.29) is 62.2 Å². The van der Waals surface area contributed by atoms with Gasteiger partial charge in [-0.1, -0.05) is 96.9 Å². The molecule has 10 amide bonds. The van der Waals surface area contributed by atoms with Crippen LogP contribution >= 0.6 is 0 Å². The first-order valence-corrected chi connectivity index (χ1v) is 28.1. The van der Waals surface area contributed by atoms with Crippen LogP contribution in [-0.2, 0) is 52.7 Å². The summed E-state index contributed by atoms with van der Waals surface area (Å²) < 4.78 is 0. The molecule has 21 nitrogen and oxygen atoms in total. The first kappa shape index (κ1) is 70.4. The molecule has 1 aliphatic heterocycles. The van der Waals surface area contributed by atoms with Crippen molar-refractivity contribution in [2.24, 2.45) is 41.4 Å². The molecule has 0 radical (unpaired) electrons. The lowest BCUT2D eigenvalue weighted by Gasteiger charge is -2.40. The third-order valence-corrected chi connectivity index (χ3v) is 15.0. The zero-order valence-corrected chi connectivity index (χ0v) is 51.8. The van der Waals surface area contributed by atoms with Gasteiger partial charge in [-0.3, -0.25) is 52.7 Å². The molecule has 1 rings (SSSR count). The topological polar surface area (TPSA) is 247 Å². The molecule has 0 unspecified atom stereocenters. The lowest BCUT2D eigenvalue weighted by Crippen LogP contribution is -2.61. The van der Waals surface area contributed by atoms with Crippen molar-refractivity contribution in [3.05, 3.63) is 0 Å². The number of rotatable bonds is 11. The van der Waals surface area contributed by atoms with Gasteiger partial charge in [-0.15, -0.1) is 0 Å². The van der Waals surface area contributed by atoms with Crippen LogP contribution in [0.5, 0.6) is 0 Å². The smallest absolute Gasteiger partial charge is 0.246 e. The van der Waals surface area contributed by atoms with Gasteiger partial charge in [0.2, 0.25) is 59.1 Å². The lowest BCUT2D eigenvalue weighted by molar-refractivity contribution is -0.155. The van der Waals surface area contributed by atoms with E-state index in [9.17, 15) is 52.7 Å². The van der Waals surface area contributed by atoms with Crippen LogP contribution in [0.3, 0.4) is 0 Å². The van der Waals surface area contributed by atoms with E-state index in [0.717, 1.165) is 4.90 Å². The van der Waals surface area contributed by atoms with Crippen LogP contribution in [-0.4, -0.2) is 209 Å². The molecule has 0 aliphatic carbocycles. The number of hydrogen-bond acceptors (Lipinski definition) is 11. The second-order valence-electron chi connectivity index (χ2n) is 24.4. The molecule has 0 bridgehead atoms. The van der Waals surface area contributed by atoms with Crippen molar-refractivity contribution in [2.45, 2.75) is 204 Å². The summed E-state index contributed by atoms with van der Waals surface area (Å²) in [7, 11) is 10.2. The number of carbonyl (C=O) groups excluding carboxylic acids is 11. The molecule has 1 heterocycles. The maximum absolute atomic E-state index is 14.8. The molecule has 1 saturated heterocycles. The number of carbonyl (C=O) groups is 11. The third-order valence-electron chi connectivity index (χ3n) is 15.0. The Bertz CT molecular complexity index is 2110. The summed E-state index contributed by atoms with van der Waals surface area (Å²) in [6.45, 7) is 27.9. The van der Waals surface area contributed by atoms with E-state index < -0.39 is 144 Å². The number of ketones is 1. The molecule has 0 aromatic heterocycles. The van der Waals surface area contributed by atoms with Gasteiger partial charge < -0.3 is 50.2 Å². The lowest BCUT2D eigenvalue weighted by atomic mass is 9.91. The molecule has 446 valence electrons. The van der Waals surface area contributed by atoms with E-state index in [4.69, 9.17) is 0 Å². The van der Waals surface area contributed by atoms with E-state index in [0.29, 0.717) is 0 Å². The Balaban J connectivity index is 4.09. The molecular weight excluding hydrogens is 1000 g/mol. The fraction of sp³-hybridized carbons (Fsp3) is 0.807. The predicted molar refractivity (Wildman–Crippen MR) is 301 cm³/mol. The number of nitrogens with one attached hydrogen (secondary N) is 3. The van der Waals surface area contributed by atoms with Gasteiger partial charge in [-0.25, -0.2) is 0 Å². The largest absolute Gasteiger partial charge is 0.344 e. The first-order chi connectivity index (χ1) is 35.8. The monoisotopic (exact) mass is 1100 g/mol. The fourth-order valence-electron chi connectivity index (χ4n) is 9.82. The Kier molecular flexibility index (Phi) is 28.2. The van der Waals surface area contributed by atoms with E-state index in [1.54, 1.807) is 41.5 Å². The van der Waals surface area contributed by atoms with Crippen molar-refractivity contribution in [1.82, 2.24) is 50.2 Å². The van der Waals surface area contributed by atoms with Crippen molar-refractivity contribution in [3.8, 4) is 0 Å². The molecule has 1 aliphatic rings. The van der Waals surface area contributed by atoms with Crippen LogP contribution in [0.25, 0.3) is 0 Å². The molecule has 21 heteroatoms. The van der Waals surface area contributed by atoms with Gasteiger partial charge >= 0.3 is 0 Å². The van der Waals surface area contributed by atoms with Crippen LogP contribution in [0.15, 0.2) is 0 Å². The molecule has 3 N–H and O–H groups in total. The molecular formula is C57H102N10O11. The van der Waals surface area contributed by atoms with Crippen LogP contribution in [0.2, 0.25) is 0 Å². The molecule has 0 aromatic rings. The van der Waals surface area contributed by atoms with E-state index >= 15 is 0 Å². The summed E-state index contributed by atoms with van der Waals surface area (Å²) in [5, 5.41) is 8.33. The molecule has 0 spiro atoms. The van der Waals surface area contributed by atoms with Gasteiger partial charge in [0.1, 0.15) is 48.3 Å². The van der Waals surface area contributed by atoms with Crippen LogP contribution in [0, 0.1) is 41.4 Å². The number of Topliss-reactive ketones (excluding diaryl/α,β-unsaturated/α-hetero) is 1. The van der Waals surface area contributed by atoms with Gasteiger partial charge in [0.15, 0.2) is 5.78 Å². The second kappa shape index (κ2) is 31.2. The number of hydrogen-bond donors (Lipinski definition) is 3. The van der Waals surface area contributed by atoms with Crippen molar-refractivity contribution >= 4 is 64.9 Å². The predicted octanol–water partition coefficient (Wildman–Crippen LogP) is 3.42. The highest BCUT2D eigenvalue weighted by Crippen LogP contribution is 2.24. The fourth-order valence-corrected chi connectivity index (χ4v) is 9.82.